The van der Waals surface area contributed by atoms with Crippen molar-refractivity contribution in [3.8, 4) is 0 Å². The molecule has 1 heterocycles. The van der Waals surface area contributed by atoms with Crippen molar-refractivity contribution in [3.63, 3.8) is 0 Å². The van der Waals surface area contributed by atoms with Crippen LogP contribution in [-0.2, 0) is 4.79 Å². The van der Waals surface area contributed by atoms with Gasteiger partial charge in [-0.2, -0.15) is 0 Å². The summed E-state index contributed by atoms with van der Waals surface area (Å²) in [5.74, 6) is -1.51. The fourth-order valence-corrected chi connectivity index (χ4v) is 2.14. The fourth-order valence-electron chi connectivity index (χ4n) is 1.38. The SMILES string of the molecule is CCC[C@H](NC(=O)c1csc(C(C)N)n1)C(=O)O. The number of hydrogen-bond donors (Lipinski definition) is 3. The Kier molecular flexibility index (Phi) is 5.24. The number of aromatic nitrogens is 1. The number of nitrogens with two attached hydrogens (primary N) is 1. The van der Waals surface area contributed by atoms with E-state index >= 15 is 0 Å². The maximum absolute atomic E-state index is 11.8. The number of carbonyl (C=O) groups excluding carboxylic acids is 1. The second kappa shape index (κ2) is 6.46. The molecule has 6 nitrogen and oxygen atoms in total. The van der Waals surface area contributed by atoms with Crippen molar-refractivity contribution in [2.24, 2.45) is 5.73 Å². The molecule has 0 spiro atoms. The van der Waals surface area contributed by atoms with Crippen LogP contribution in [0.3, 0.4) is 0 Å². The molecule has 0 aliphatic rings. The Morgan fingerprint density at radius 1 is 1.61 bits per heavy atom. The van der Waals surface area contributed by atoms with Crippen molar-refractivity contribution >= 4 is 23.2 Å². The Bertz CT molecular complexity index is 431. The van der Waals surface area contributed by atoms with Gasteiger partial charge in [0.2, 0.25) is 0 Å². The Morgan fingerprint density at radius 2 is 2.28 bits per heavy atom. The molecule has 100 valence electrons. The Hall–Kier alpha value is -1.47. The van der Waals surface area contributed by atoms with Crippen LogP contribution in [0.25, 0.3) is 0 Å². The minimum atomic E-state index is -1.03. The predicted octanol–water partition coefficient (Wildman–Crippen LogP) is 1.15. The molecule has 1 rings (SSSR count). The highest BCUT2D eigenvalue weighted by molar-refractivity contribution is 7.09. The number of nitrogens with one attached hydrogen (secondary N) is 1. The van der Waals surface area contributed by atoms with E-state index in [1.165, 1.54) is 11.3 Å². The maximum atomic E-state index is 11.8. The molecular formula is C11H17N3O3S. The van der Waals surface area contributed by atoms with Crippen LogP contribution in [-0.4, -0.2) is 28.0 Å². The number of carboxylic acid groups (broad SMARTS) is 1. The summed E-state index contributed by atoms with van der Waals surface area (Å²) >= 11 is 1.29. The van der Waals surface area contributed by atoms with Crippen molar-refractivity contribution in [1.29, 1.82) is 0 Å². The Labute approximate surface area is 109 Å². The van der Waals surface area contributed by atoms with Crippen molar-refractivity contribution in [2.75, 3.05) is 0 Å². The quantitative estimate of drug-likeness (QED) is 0.719. The highest BCUT2D eigenvalue weighted by atomic mass is 32.1. The topological polar surface area (TPSA) is 105 Å². The van der Waals surface area contributed by atoms with Crippen LogP contribution < -0.4 is 11.1 Å². The largest absolute Gasteiger partial charge is 0.480 e. The zero-order valence-electron chi connectivity index (χ0n) is 10.3. The molecular weight excluding hydrogens is 254 g/mol. The Morgan fingerprint density at radius 3 is 2.72 bits per heavy atom. The van der Waals surface area contributed by atoms with E-state index < -0.39 is 17.9 Å². The molecule has 0 aromatic carbocycles. The van der Waals surface area contributed by atoms with E-state index in [0.717, 1.165) is 0 Å². The monoisotopic (exact) mass is 271 g/mol. The van der Waals surface area contributed by atoms with Gasteiger partial charge in [0.1, 0.15) is 16.7 Å². The summed E-state index contributed by atoms with van der Waals surface area (Å²) in [7, 11) is 0. The normalized spacial score (nSPS) is 13.9. The van der Waals surface area contributed by atoms with Gasteiger partial charge in [-0.05, 0) is 13.3 Å². The van der Waals surface area contributed by atoms with Crippen LogP contribution in [0.15, 0.2) is 5.38 Å². The maximum Gasteiger partial charge on any atom is 0.326 e. The molecule has 18 heavy (non-hydrogen) atoms. The highest BCUT2D eigenvalue weighted by Gasteiger charge is 2.21. The lowest BCUT2D eigenvalue weighted by Gasteiger charge is -2.12. The molecule has 0 radical (unpaired) electrons. The van der Waals surface area contributed by atoms with Gasteiger partial charge in [0, 0.05) is 5.38 Å². The lowest BCUT2D eigenvalue weighted by Crippen LogP contribution is -2.40. The molecule has 1 aromatic heterocycles. The summed E-state index contributed by atoms with van der Waals surface area (Å²) < 4.78 is 0. The first-order valence-electron chi connectivity index (χ1n) is 5.70. The zero-order chi connectivity index (χ0) is 13.7. The summed E-state index contributed by atoms with van der Waals surface area (Å²) in [6.07, 6.45) is 1.07. The summed E-state index contributed by atoms with van der Waals surface area (Å²) in [5.41, 5.74) is 5.86. The van der Waals surface area contributed by atoms with E-state index in [2.05, 4.69) is 10.3 Å². The van der Waals surface area contributed by atoms with Crippen LogP contribution in [0.5, 0.6) is 0 Å². The van der Waals surface area contributed by atoms with Gasteiger partial charge in [-0.15, -0.1) is 11.3 Å². The smallest absolute Gasteiger partial charge is 0.326 e. The molecule has 7 heteroatoms. The number of amides is 1. The average molecular weight is 271 g/mol. The molecule has 0 saturated carbocycles. The molecule has 0 saturated heterocycles. The van der Waals surface area contributed by atoms with Gasteiger partial charge in [-0.3, -0.25) is 4.79 Å². The van der Waals surface area contributed by atoms with E-state index in [-0.39, 0.29) is 11.7 Å². The van der Waals surface area contributed by atoms with E-state index in [9.17, 15) is 9.59 Å². The van der Waals surface area contributed by atoms with Crippen molar-refractivity contribution in [1.82, 2.24) is 10.3 Å². The van der Waals surface area contributed by atoms with Crippen LogP contribution in [0.1, 0.15) is 48.2 Å². The lowest BCUT2D eigenvalue weighted by molar-refractivity contribution is -0.139. The molecule has 2 atom stereocenters. The van der Waals surface area contributed by atoms with Gasteiger partial charge in [-0.25, -0.2) is 9.78 Å². The van der Waals surface area contributed by atoms with E-state index in [0.29, 0.717) is 17.8 Å². The molecule has 0 fully saturated rings. The molecule has 1 aromatic rings. The zero-order valence-corrected chi connectivity index (χ0v) is 11.2. The van der Waals surface area contributed by atoms with Crippen LogP contribution in [0.2, 0.25) is 0 Å². The van der Waals surface area contributed by atoms with E-state index in [1.807, 2.05) is 6.92 Å². The van der Waals surface area contributed by atoms with Crippen LogP contribution in [0, 0.1) is 0 Å². The van der Waals surface area contributed by atoms with E-state index in [1.54, 1.807) is 12.3 Å². The minimum absolute atomic E-state index is 0.217. The first-order valence-corrected chi connectivity index (χ1v) is 6.58. The fraction of sp³-hybridized carbons (Fsp3) is 0.545. The highest BCUT2D eigenvalue weighted by Crippen LogP contribution is 2.15. The van der Waals surface area contributed by atoms with Crippen LogP contribution >= 0.6 is 11.3 Å². The number of aliphatic carboxylic acids is 1. The Balaban J connectivity index is 2.71. The summed E-state index contributed by atoms with van der Waals surface area (Å²) in [6.45, 7) is 3.64. The molecule has 0 aliphatic heterocycles. The molecule has 0 aliphatic carbocycles. The van der Waals surface area contributed by atoms with Gasteiger partial charge in [0.25, 0.3) is 5.91 Å². The van der Waals surface area contributed by atoms with Crippen molar-refractivity contribution < 1.29 is 14.7 Å². The molecule has 1 amide bonds. The summed E-state index contributed by atoms with van der Waals surface area (Å²) in [6, 6.07) is -1.11. The standard InChI is InChI=1S/C11H17N3O3S/c1-3-4-7(11(16)17)13-9(15)8-5-18-10(14-8)6(2)12/h5-7H,3-4,12H2,1-2H3,(H,13,15)(H,16,17)/t6?,7-/m0/s1. The van der Waals surface area contributed by atoms with Crippen molar-refractivity contribution in [2.45, 2.75) is 38.8 Å². The molecule has 4 N–H and O–H groups in total. The van der Waals surface area contributed by atoms with Crippen molar-refractivity contribution in [3.05, 3.63) is 16.1 Å². The van der Waals surface area contributed by atoms with Gasteiger partial charge >= 0.3 is 5.97 Å². The number of hydrogen-bond acceptors (Lipinski definition) is 5. The minimum Gasteiger partial charge on any atom is -0.480 e. The van der Waals surface area contributed by atoms with Gasteiger partial charge in [0.05, 0.1) is 6.04 Å². The number of thiazole rings is 1. The third kappa shape index (κ3) is 3.78. The average Bonchev–Trinajstić information content (AvgIpc) is 2.77. The predicted molar refractivity (Wildman–Crippen MR) is 68.5 cm³/mol. The summed E-state index contributed by atoms with van der Waals surface area (Å²) in [5, 5.41) is 13.6. The number of nitrogens with zero attached hydrogens (tertiary/aromatic N) is 1. The van der Waals surface area contributed by atoms with Gasteiger partial charge in [-0.1, -0.05) is 13.3 Å². The van der Waals surface area contributed by atoms with E-state index in [4.69, 9.17) is 10.8 Å². The lowest BCUT2D eigenvalue weighted by atomic mass is 10.1. The molecule has 1 unspecified atom stereocenters. The third-order valence-electron chi connectivity index (χ3n) is 2.32. The van der Waals surface area contributed by atoms with Gasteiger partial charge < -0.3 is 16.2 Å². The van der Waals surface area contributed by atoms with Crippen LogP contribution in [0.4, 0.5) is 0 Å². The second-order valence-electron chi connectivity index (χ2n) is 4.01. The summed E-state index contributed by atoms with van der Waals surface area (Å²) in [4.78, 5) is 26.8. The molecule has 0 bridgehead atoms. The number of carbonyl (C=O) groups is 2. The number of rotatable bonds is 6. The first-order chi connectivity index (χ1) is 8.45. The first kappa shape index (κ1) is 14.6. The second-order valence-corrected chi connectivity index (χ2v) is 4.90. The number of carboxylic acids is 1. The van der Waals surface area contributed by atoms with Gasteiger partial charge in [0.15, 0.2) is 0 Å². The third-order valence-corrected chi connectivity index (χ3v) is 3.37.